The van der Waals surface area contributed by atoms with Crippen LogP contribution in [0.15, 0.2) is 6.07 Å². The molecule has 0 aliphatic heterocycles. The van der Waals surface area contributed by atoms with Crippen molar-refractivity contribution in [3.05, 3.63) is 22.8 Å². The summed E-state index contributed by atoms with van der Waals surface area (Å²) in [5.41, 5.74) is 2.09. The minimum Gasteiger partial charge on any atom is -0.508 e. The highest BCUT2D eigenvalue weighted by Crippen LogP contribution is 2.32. The number of phenolic OH excluding ortho intramolecular Hbond substituents is 2. The maximum atomic E-state index is 9.82. The van der Waals surface area contributed by atoms with Gasteiger partial charge in [0.1, 0.15) is 11.5 Å². The molecule has 0 aromatic heterocycles. The normalized spacial score (nSPS) is 12.8. The highest BCUT2D eigenvalue weighted by molar-refractivity contribution is 5.51. The third-order valence-electron chi connectivity index (χ3n) is 2.66. The van der Waals surface area contributed by atoms with Crippen LogP contribution in [-0.2, 0) is 6.42 Å². The maximum absolute atomic E-state index is 9.82. The Bertz CT molecular complexity index is 330. The molecule has 0 radical (unpaired) electrons. The second kappa shape index (κ2) is 4.53. The summed E-state index contributed by atoms with van der Waals surface area (Å²) in [7, 11) is 0. The Labute approximate surface area is 90.0 Å². The van der Waals surface area contributed by atoms with Crippen molar-refractivity contribution < 1.29 is 15.3 Å². The largest absolute Gasteiger partial charge is 0.508 e. The van der Waals surface area contributed by atoms with Crippen LogP contribution in [0.5, 0.6) is 11.5 Å². The molecule has 84 valence electrons. The predicted octanol–water partition coefficient (Wildman–Crippen LogP) is 2.03. The van der Waals surface area contributed by atoms with E-state index in [-0.39, 0.29) is 11.5 Å². The summed E-state index contributed by atoms with van der Waals surface area (Å²) in [6.45, 7) is 5.23. The third kappa shape index (κ3) is 2.63. The van der Waals surface area contributed by atoms with Gasteiger partial charge in [-0.3, -0.25) is 0 Å². The number of aliphatic hydroxyl groups excluding tert-OH is 1. The van der Waals surface area contributed by atoms with Crippen LogP contribution in [0, 0.1) is 13.8 Å². The van der Waals surface area contributed by atoms with E-state index >= 15 is 0 Å². The fourth-order valence-electron chi connectivity index (χ4n) is 1.61. The van der Waals surface area contributed by atoms with Gasteiger partial charge in [0.25, 0.3) is 0 Å². The molecule has 1 unspecified atom stereocenters. The van der Waals surface area contributed by atoms with Crippen LogP contribution in [0.1, 0.15) is 30.0 Å². The Kier molecular flexibility index (Phi) is 3.58. The van der Waals surface area contributed by atoms with Crippen molar-refractivity contribution in [2.24, 2.45) is 0 Å². The van der Waals surface area contributed by atoms with E-state index in [0.717, 1.165) is 5.56 Å². The highest BCUT2D eigenvalue weighted by Gasteiger charge is 2.12. The highest BCUT2D eigenvalue weighted by atomic mass is 16.3. The van der Waals surface area contributed by atoms with Gasteiger partial charge >= 0.3 is 0 Å². The summed E-state index contributed by atoms with van der Waals surface area (Å²) in [6, 6.07) is 1.55. The molecule has 0 amide bonds. The lowest BCUT2D eigenvalue weighted by molar-refractivity contribution is 0.184. The van der Waals surface area contributed by atoms with E-state index in [1.54, 1.807) is 26.8 Å². The molecule has 1 aromatic carbocycles. The van der Waals surface area contributed by atoms with Crippen molar-refractivity contribution in [1.82, 2.24) is 0 Å². The lowest BCUT2D eigenvalue weighted by Gasteiger charge is -2.13. The molecule has 1 aromatic rings. The van der Waals surface area contributed by atoms with E-state index in [1.807, 2.05) is 0 Å². The van der Waals surface area contributed by atoms with Gasteiger partial charge in [0.05, 0.1) is 6.10 Å². The minimum absolute atomic E-state index is 0.200. The summed E-state index contributed by atoms with van der Waals surface area (Å²) < 4.78 is 0. The molecule has 3 N–H and O–H groups in total. The van der Waals surface area contributed by atoms with Gasteiger partial charge in [0.15, 0.2) is 0 Å². The zero-order valence-corrected chi connectivity index (χ0v) is 9.41. The predicted molar refractivity (Wildman–Crippen MR) is 59.2 cm³/mol. The van der Waals surface area contributed by atoms with Gasteiger partial charge in [-0.25, -0.2) is 0 Å². The van der Waals surface area contributed by atoms with Crippen molar-refractivity contribution >= 4 is 0 Å². The number of aliphatic hydroxyl groups is 1. The zero-order chi connectivity index (χ0) is 11.6. The Balaban J connectivity index is 3.04. The van der Waals surface area contributed by atoms with Crippen molar-refractivity contribution in [2.75, 3.05) is 0 Å². The average Bonchev–Trinajstić information content (AvgIpc) is 2.14. The first-order valence-electron chi connectivity index (χ1n) is 5.12. The van der Waals surface area contributed by atoms with Crippen LogP contribution >= 0.6 is 0 Å². The van der Waals surface area contributed by atoms with Crippen LogP contribution < -0.4 is 0 Å². The lowest BCUT2D eigenvalue weighted by Crippen LogP contribution is -2.03. The molecule has 1 rings (SSSR count). The fraction of sp³-hybridized carbons (Fsp3) is 0.500. The summed E-state index contributed by atoms with van der Waals surface area (Å²) >= 11 is 0. The van der Waals surface area contributed by atoms with Gasteiger partial charge in [-0.1, -0.05) is 0 Å². The van der Waals surface area contributed by atoms with Gasteiger partial charge < -0.3 is 15.3 Å². The Morgan fingerprint density at radius 3 is 2.40 bits per heavy atom. The SMILES string of the molecule is Cc1cc(O)c(C)c(CCC(C)O)c1O. The third-order valence-corrected chi connectivity index (χ3v) is 2.66. The standard InChI is InChI=1S/C12H18O3/c1-7-6-11(14)9(3)10(12(7)15)5-4-8(2)13/h6,8,13-15H,4-5H2,1-3H3. The first-order chi connectivity index (χ1) is 6.93. The summed E-state index contributed by atoms with van der Waals surface area (Å²) in [5.74, 6) is 0.428. The topological polar surface area (TPSA) is 60.7 Å². The minimum atomic E-state index is -0.397. The second-order valence-electron chi connectivity index (χ2n) is 4.05. The van der Waals surface area contributed by atoms with E-state index in [2.05, 4.69) is 0 Å². The molecular formula is C12H18O3. The molecule has 3 nitrogen and oxygen atoms in total. The molecule has 0 saturated heterocycles. The molecule has 0 aliphatic rings. The van der Waals surface area contributed by atoms with Gasteiger partial charge in [-0.2, -0.15) is 0 Å². The zero-order valence-electron chi connectivity index (χ0n) is 9.41. The lowest BCUT2D eigenvalue weighted by atomic mass is 9.97. The molecule has 0 bridgehead atoms. The van der Waals surface area contributed by atoms with Crippen molar-refractivity contribution in [3.63, 3.8) is 0 Å². The first kappa shape index (κ1) is 11.9. The van der Waals surface area contributed by atoms with E-state index < -0.39 is 6.10 Å². The van der Waals surface area contributed by atoms with Gasteiger partial charge in [0, 0.05) is 5.56 Å². The molecule has 0 spiro atoms. The average molecular weight is 210 g/mol. The number of phenols is 2. The smallest absolute Gasteiger partial charge is 0.122 e. The van der Waals surface area contributed by atoms with Gasteiger partial charge in [0.2, 0.25) is 0 Å². The number of aryl methyl sites for hydroxylation is 1. The molecule has 0 heterocycles. The molecule has 3 heteroatoms. The van der Waals surface area contributed by atoms with Crippen LogP contribution in [0.2, 0.25) is 0 Å². The molecule has 0 fully saturated rings. The van der Waals surface area contributed by atoms with E-state index in [0.29, 0.717) is 24.0 Å². The Morgan fingerprint density at radius 2 is 1.87 bits per heavy atom. The van der Waals surface area contributed by atoms with Crippen molar-refractivity contribution in [3.8, 4) is 11.5 Å². The van der Waals surface area contributed by atoms with E-state index in [1.165, 1.54) is 0 Å². The number of benzene rings is 1. The van der Waals surface area contributed by atoms with Gasteiger partial charge in [-0.15, -0.1) is 0 Å². The number of hydrogen-bond donors (Lipinski definition) is 3. The summed E-state index contributed by atoms with van der Waals surface area (Å²) in [4.78, 5) is 0. The Hall–Kier alpha value is -1.22. The molecule has 0 aliphatic carbocycles. The van der Waals surface area contributed by atoms with Gasteiger partial charge in [-0.05, 0) is 50.8 Å². The van der Waals surface area contributed by atoms with Crippen LogP contribution in [0.3, 0.4) is 0 Å². The molecular weight excluding hydrogens is 192 g/mol. The molecule has 0 saturated carbocycles. The summed E-state index contributed by atoms with van der Waals surface area (Å²) in [5, 5.41) is 28.6. The quantitative estimate of drug-likeness (QED) is 0.669. The van der Waals surface area contributed by atoms with E-state index in [4.69, 9.17) is 0 Å². The first-order valence-corrected chi connectivity index (χ1v) is 5.12. The second-order valence-corrected chi connectivity index (χ2v) is 4.05. The molecule has 15 heavy (non-hydrogen) atoms. The van der Waals surface area contributed by atoms with Crippen LogP contribution in [-0.4, -0.2) is 21.4 Å². The van der Waals surface area contributed by atoms with E-state index in [9.17, 15) is 15.3 Å². The monoisotopic (exact) mass is 210 g/mol. The van der Waals surface area contributed by atoms with Crippen LogP contribution in [0.25, 0.3) is 0 Å². The summed E-state index contributed by atoms with van der Waals surface area (Å²) in [6.07, 6.45) is 0.758. The fourth-order valence-corrected chi connectivity index (χ4v) is 1.61. The van der Waals surface area contributed by atoms with Crippen LogP contribution in [0.4, 0.5) is 0 Å². The number of aromatic hydroxyl groups is 2. The number of hydrogen-bond acceptors (Lipinski definition) is 3. The van der Waals surface area contributed by atoms with Crippen molar-refractivity contribution in [1.29, 1.82) is 0 Å². The Morgan fingerprint density at radius 1 is 1.27 bits per heavy atom. The number of rotatable bonds is 3. The molecule has 1 atom stereocenters. The maximum Gasteiger partial charge on any atom is 0.122 e. The van der Waals surface area contributed by atoms with Crippen molar-refractivity contribution in [2.45, 2.75) is 39.7 Å².